The third-order valence-corrected chi connectivity index (χ3v) is 4.87. The van der Waals surface area contributed by atoms with Gasteiger partial charge >= 0.3 is 0 Å². The molecule has 128 valence electrons. The molecule has 3 nitrogen and oxygen atoms in total. The van der Waals surface area contributed by atoms with Crippen LogP contribution in [0.15, 0.2) is 54.6 Å². The number of aromatic nitrogens is 1. The summed E-state index contributed by atoms with van der Waals surface area (Å²) in [6.45, 7) is 2.66. The van der Waals surface area contributed by atoms with Gasteiger partial charge in [-0.05, 0) is 55.2 Å². The zero-order valence-corrected chi connectivity index (χ0v) is 14.9. The summed E-state index contributed by atoms with van der Waals surface area (Å²) in [6.07, 6.45) is 3.80. The number of benzene rings is 2. The summed E-state index contributed by atoms with van der Waals surface area (Å²) in [5.41, 5.74) is 1.98. The first-order valence-corrected chi connectivity index (χ1v) is 9.19. The van der Waals surface area contributed by atoms with Gasteiger partial charge in [-0.3, -0.25) is 0 Å². The number of halogens is 1. The highest BCUT2D eigenvalue weighted by atomic mass is 35.5. The van der Waals surface area contributed by atoms with Gasteiger partial charge < -0.3 is 9.64 Å². The molecule has 1 saturated heterocycles. The Hall–Kier alpha value is -2.26. The van der Waals surface area contributed by atoms with Gasteiger partial charge in [0.1, 0.15) is 23.7 Å². The van der Waals surface area contributed by atoms with Crippen LogP contribution in [-0.4, -0.2) is 18.1 Å². The van der Waals surface area contributed by atoms with Crippen molar-refractivity contribution in [1.29, 1.82) is 0 Å². The first kappa shape index (κ1) is 16.2. The van der Waals surface area contributed by atoms with Crippen LogP contribution < -0.4 is 9.64 Å². The van der Waals surface area contributed by atoms with Gasteiger partial charge in [0, 0.05) is 23.5 Å². The van der Waals surface area contributed by atoms with Crippen LogP contribution in [0, 0.1) is 0 Å². The maximum Gasteiger partial charge on any atom is 0.146 e. The van der Waals surface area contributed by atoms with Gasteiger partial charge in [-0.15, -0.1) is 0 Å². The number of nitrogens with zero attached hydrogens (tertiary/aromatic N) is 2. The predicted molar refractivity (Wildman–Crippen MR) is 104 cm³/mol. The lowest BCUT2D eigenvalue weighted by Crippen LogP contribution is -2.30. The highest BCUT2D eigenvalue weighted by molar-refractivity contribution is 6.30. The molecular formula is C21H21ClN2O. The van der Waals surface area contributed by atoms with Gasteiger partial charge in [-0.25, -0.2) is 4.98 Å². The van der Waals surface area contributed by atoms with Crippen molar-refractivity contribution in [3.8, 4) is 5.75 Å². The highest BCUT2D eigenvalue weighted by Gasteiger charge is 2.13. The van der Waals surface area contributed by atoms with Crippen molar-refractivity contribution in [3.05, 3.63) is 65.2 Å². The van der Waals surface area contributed by atoms with E-state index >= 15 is 0 Å². The normalized spacial score (nSPS) is 14.7. The zero-order valence-electron chi connectivity index (χ0n) is 14.1. The minimum atomic E-state index is 0.481. The second-order valence-electron chi connectivity index (χ2n) is 6.46. The zero-order chi connectivity index (χ0) is 17.1. The Morgan fingerprint density at radius 2 is 1.80 bits per heavy atom. The van der Waals surface area contributed by atoms with Gasteiger partial charge in [-0.2, -0.15) is 0 Å². The van der Waals surface area contributed by atoms with Crippen molar-refractivity contribution >= 4 is 28.3 Å². The number of fused-ring (bicyclic) bond motifs is 1. The van der Waals surface area contributed by atoms with Crippen LogP contribution in [0.4, 0.5) is 5.82 Å². The van der Waals surface area contributed by atoms with Crippen molar-refractivity contribution in [1.82, 2.24) is 4.98 Å². The Labute approximate surface area is 153 Å². The summed E-state index contributed by atoms with van der Waals surface area (Å²) in [7, 11) is 0. The van der Waals surface area contributed by atoms with Crippen LogP contribution in [0.5, 0.6) is 5.75 Å². The topological polar surface area (TPSA) is 25.4 Å². The predicted octanol–water partition coefficient (Wildman–Crippen LogP) is 5.46. The van der Waals surface area contributed by atoms with E-state index < -0.39 is 0 Å². The standard InChI is InChI=1S/C21H21ClN2O/c22-18-8-4-6-16(14-18)15-25-19-9-5-7-17-10-11-20(23-21(17)19)24-12-2-1-3-13-24/h4-11,14H,1-3,12-13,15H2. The average molecular weight is 353 g/mol. The number of ether oxygens (including phenoxy) is 1. The molecule has 0 radical (unpaired) electrons. The fourth-order valence-electron chi connectivity index (χ4n) is 3.31. The molecular weight excluding hydrogens is 332 g/mol. The number of hydrogen-bond donors (Lipinski definition) is 0. The molecule has 25 heavy (non-hydrogen) atoms. The molecule has 0 atom stereocenters. The SMILES string of the molecule is Clc1cccc(COc2cccc3ccc(N4CCCCC4)nc23)c1. The minimum Gasteiger partial charge on any atom is -0.487 e. The third kappa shape index (κ3) is 3.72. The van der Waals surface area contributed by atoms with E-state index in [1.54, 1.807) is 0 Å². The molecule has 0 unspecified atom stereocenters. The molecule has 1 aliphatic heterocycles. The molecule has 1 aromatic heterocycles. The number of anilines is 1. The van der Waals surface area contributed by atoms with E-state index in [-0.39, 0.29) is 0 Å². The Bertz CT molecular complexity index is 875. The summed E-state index contributed by atoms with van der Waals surface area (Å²) < 4.78 is 6.06. The van der Waals surface area contributed by atoms with Gasteiger partial charge in [0.05, 0.1) is 0 Å². The summed E-state index contributed by atoms with van der Waals surface area (Å²) in [4.78, 5) is 7.28. The van der Waals surface area contributed by atoms with E-state index in [1.807, 2.05) is 36.4 Å². The molecule has 4 rings (SSSR count). The maximum atomic E-state index is 6.06. The van der Waals surface area contributed by atoms with Crippen LogP contribution in [0.2, 0.25) is 5.02 Å². The molecule has 0 spiro atoms. The van der Waals surface area contributed by atoms with Crippen LogP contribution in [-0.2, 0) is 6.61 Å². The van der Waals surface area contributed by atoms with Crippen LogP contribution in [0.3, 0.4) is 0 Å². The van der Waals surface area contributed by atoms with Crippen molar-refractivity contribution in [3.63, 3.8) is 0 Å². The Morgan fingerprint density at radius 1 is 0.960 bits per heavy atom. The van der Waals surface area contributed by atoms with E-state index in [0.29, 0.717) is 6.61 Å². The highest BCUT2D eigenvalue weighted by Crippen LogP contribution is 2.28. The number of pyridine rings is 1. The second kappa shape index (κ2) is 7.32. The van der Waals surface area contributed by atoms with Crippen LogP contribution in [0.1, 0.15) is 24.8 Å². The second-order valence-corrected chi connectivity index (χ2v) is 6.90. The molecule has 4 heteroatoms. The lowest BCUT2D eigenvalue weighted by Gasteiger charge is -2.28. The quantitative estimate of drug-likeness (QED) is 0.623. The van der Waals surface area contributed by atoms with E-state index in [0.717, 1.165) is 46.1 Å². The van der Waals surface area contributed by atoms with Gasteiger partial charge in [0.25, 0.3) is 0 Å². The smallest absolute Gasteiger partial charge is 0.146 e. The van der Waals surface area contributed by atoms with Gasteiger partial charge in [0.2, 0.25) is 0 Å². The summed E-state index contributed by atoms with van der Waals surface area (Å²) >= 11 is 6.06. The summed E-state index contributed by atoms with van der Waals surface area (Å²) in [6, 6.07) is 18.1. The number of para-hydroxylation sites is 1. The summed E-state index contributed by atoms with van der Waals surface area (Å²) in [5, 5.41) is 1.83. The van der Waals surface area contributed by atoms with Gasteiger partial charge in [-0.1, -0.05) is 35.9 Å². The van der Waals surface area contributed by atoms with E-state index in [2.05, 4.69) is 23.1 Å². The van der Waals surface area contributed by atoms with Crippen molar-refractivity contribution < 1.29 is 4.74 Å². The van der Waals surface area contributed by atoms with Crippen molar-refractivity contribution in [2.45, 2.75) is 25.9 Å². The first-order valence-electron chi connectivity index (χ1n) is 8.81. The van der Waals surface area contributed by atoms with Crippen molar-refractivity contribution in [2.24, 2.45) is 0 Å². The molecule has 0 saturated carbocycles. The summed E-state index contributed by atoms with van der Waals surface area (Å²) in [5.74, 6) is 1.86. The molecule has 3 aromatic rings. The lowest BCUT2D eigenvalue weighted by atomic mass is 10.1. The van der Waals surface area contributed by atoms with Crippen LogP contribution >= 0.6 is 11.6 Å². The molecule has 0 amide bonds. The molecule has 0 bridgehead atoms. The molecule has 1 aliphatic rings. The maximum absolute atomic E-state index is 6.06. The Balaban J connectivity index is 1.61. The van der Waals surface area contributed by atoms with E-state index in [4.69, 9.17) is 21.3 Å². The third-order valence-electron chi connectivity index (χ3n) is 4.63. The van der Waals surface area contributed by atoms with E-state index in [1.165, 1.54) is 19.3 Å². The lowest BCUT2D eigenvalue weighted by molar-refractivity contribution is 0.309. The fourth-order valence-corrected chi connectivity index (χ4v) is 3.53. The molecule has 1 fully saturated rings. The average Bonchev–Trinajstić information content (AvgIpc) is 2.67. The fraction of sp³-hybridized carbons (Fsp3) is 0.286. The number of piperidine rings is 1. The molecule has 2 heterocycles. The number of rotatable bonds is 4. The van der Waals surface area contributed by atoms with E-state index in [9.17, 15) is 0 Å². The first-order chi connectivity index (χ1) is 12.3. The number of hydrogen-bond acceptors (Lipinski definition) is 3. The molecule has 0 N–H and O–H groups in total. The molecule has 2 aromatic carbocycles. The molecule has 0 aliphatic carbocycles. The largest absolute Gasteiger partial charge is 0.487 e. The van der Waals surface area contributed by atoms with Crippen molar-refractivity contribution in [2.75, 3.05) is 18.0 Å². The monoisotopic (exact) mass is 352 g/mol. The Kier molecular flexibility index (Phi) is 4.75. The van der Waals surface area contributed by atoms with Gasteiger partial charge in [0.15, 0.2) is 0 Å². The van der Waals surface area contributed by atoms with Crippen LogP contribution in [0.25, 0.3) is 10.9 Å². The Morgan fingerprint density at radius 3 is 2.64 bits per heavy atom. The minimum absolute atomic E-state index is 0.481.